The highest BCUT2D eigenvalue weighted by Gasteiger charge is 2.19. The Balaban J connectivity index is 2.14. The van der Waals surface area contributed by atoms with Gasteiger partial charge >= 0.3 is 0 Å². The van der Waals surface area contributed by atoms with Crippen LogP contribution in [0.25, 0.3) is 0 Å². The van der Waals surface area contributed by atoms with E-state index in [1.165, 1.54) is 13.2 Å². The van der Waals surface area contributed by atoms with Gasteiger partial charge in [0.2, 0.25) is 0 Å². The standard InChI is InChI=1S/C16H19NO3/c1-11-5-4-6-12(2)17(11)10-15(19)13-7-8-16(20-3)14(18)9-13/h4-9,11,18H,10H2,1-3H3. The fraction of sp³-hybridized carbons (Fsp3) is 0.312. The Bertz CT molecular complexity index is 575. The molecule has 0 radical (unpaired) electrons. The maximum Gasteiger partial charge on any atom is 0.182 e. The highest BCUT2D eigenvalue weighted by molar-refractivity contribution is 5.98. The number of hydrogen-bond acceptors (Lipinski definition) is 4. The normalized spacial score (nSPS) is 17.9. The number of ketones is 1. The van der Waals surface area contributed by atoms with Crippen molar-refractivity contribution in [2.24, 2.45) is 0 Å². The van der Waals surface area contributed by atoms with E-state index in [1.807, 2.05) is 37.0 Å². The lowest BCUT2D eigenvalue weighted by molar-refractivity contribution is 0.0938. The third-order valence-electron chi connectivity index (χ3n) is 3.49. The van der Waals surface area contributed by atoms with Gasteiger partial charge in [-0.05, 0) is 38.1 Å². The van der Waals surface area contributed by atoms with Gasteiger partial charge in [-0.3, -0.25) is 4.79 Å². The first-order chi connectivity index (χ1) is 9.52. The Morgan fingerprint density at radius 3 is 2.80 bits per heavy atom. The summed E-state index contributed by atoms with van der Waals surface area (Å²) in [6.07, 6.45) is 6.03. The molecule has 1 atom stereocenters. The monoisotopic (exact) mass is 273 g/mol. The predicted molar refractivity (Wildman–Crippen MR) is 78.1 cm³/mol. The summed E-state index contributed by atoms with van der Waals surface area (Å²) < 4.78 is 4.97. The molecule has 1 aromatic rings. The molecular formula is C16H19NO3. The van der Waals surface area contributed by atoms with Gasteiger partial charge in [-0.2, -0.15) is 0 Å². The van der Waals surface area contributed by atoms with E-state index >= 15 is 0 Å². The van der Waals surface area contributed by atoms with Crippen LogP contribution >= 0.6 is 0 Å². The molecule has 4 heteroatoms. The summed E-state index contributed by atoms with van der Waals surface area (Å²) in [5, 5.41) is 9.74. The number of phenols is 1. The van der Waals surface area contributed by atoms with Gasteiger partial charge in [-0.15, -0.1) is 0 Å². The third kappa shape index (κ3) is 2.85. The van der Waals surface area contributed by atoms with Crippen LogP contribution in [0.4, 0.5) is 0 Å². The third-order valence-corrected chi connectivity index (χ3v) is 3.49. The lowest BCUT2D eigenvalue weighted by Crippen LogP contribution is -2.36. The molecule has 20 heavy (non-hydrogen) atoms. The molecule has 0 fully saturated rings. The maximum atomic E-state index is 12.3. The number of carbonyl (C=O) groups excluding carboxylic acids is 1. The number of nitrogens with zero attached hydrogens (tertiary/aromatic N) is 1. The van der Waals surface area contributed by atoms with E-state index in [2.05, 4.69) is 0 Å². The zero-order valence-electron chi connectivity index (χ0n) is 12.0. The number of benzene rings is 1. The van der Waals surface area contributed by atoms with E-state index in [0.717, 1.165) is 5.70 Å². The molecule has 0 saturated carbocycles. The van der Waals surface area contributed by atoms with Crippen molar-refractivity contribution in [1.82, 2.24) is 4.90 Å². The number of phenolic OH excluding ortho intramolecular Hbond substituents is 1. The van der Waals surface area contributed by atoms with Crippen LogP contribution in [0.1, 0.15) is 24.2 Å². The van der Waals surface area contributed by atoms with Gasteiger partial charge in [0.25, 0.3) is 0 Å². The summed E-state index contributed by atoms with van der Waals surface area (Å²) in [4.78, 5) is 14.3. The number of aromatic hydroxyl groups is 1. The molecule has 106 valence electrons. The van der Waals surface area contributed by atoms with E-state index in [9.17, 15) is 9.90 Å². The molecule has 0 saturated heterocycles. The van der Waals surface area contributed by atoms with Gasteiger partial charge in [0.05, 0.1) is 13.7 Å². The Morgan fingerprint density at radius 2 is 2.20 bits per heavy atom. The molecule has 2 rings (SSSR count). The van der Waals surface area contributed by atoms with Crippen molar-refractivity contribution in [2.45, 2.75) is 19.9 Å². The van der Waals surface area contributed by atoms with Gasteiger partial charge in [-0.25, -0.2) is 0 Å². The average molecular weight is 273 g/mol. The van der Waals surface area contributed by atoms with Crippen LogP contribution in [0.3, 0.4) is 0 Å². The van der Waals surface area contributed by atoms with Gasteiger partial charge < -0.3 is 14.7 Å². The highest BCUT2D eigenvalue weighted by Crippen LogP contribution is 2.27. The maximum absolute atomic E-state index is 12.3. The number of rotatable bonds is 4. The lowest BCUT2D eigenvalue weighted by Gasteiger charge is -2.31. The molecule has 1 aliphatic heterocycles. The number of ether oxygens (including phenoxy) is 1. The minimum absolute atomic E-state index is 0.0165. The molecule has 1 aliphatic rings. The van der Waals surface area contributed by atoms with Crippen molar-refractivity contribution in [3.8, 4) is 11.5 Å². The summed E-state index contributed by atoms with van der Waals surface area (Å²) in [6, 6.07) is 4.91. The Labute approximate surface area is 119 Å². The van der Waals surface area contributed by atoms with Crippen LogP contribution in [0, 0.1) is 0 Å². The van der Waals surface area contributed by atoms with E-state index in [4.69, 9.17) is 4.74 Å². The number of Topliss-reactive ketones (excluding diaryl/α,β-unsaturated/α-hetero) is 1. The van der Waals surface area contributed by atoms with Gasteiger partial charge in [-0.1, -0.05) is 12.2 Å². The lowest BCUT2D eigenvalue weighted by atomic mass is 10.1. The molecule has 4 nitrogen and oxygen atoms in total. The smallest absolute Gasteiger partial charge is 0.182 e. The van der Waals surface area contributed by atoms with E-state index in [0.29, 0.717) is 17.9 Å². The van der Waals surface area contributed by atoms with E-state index in [-0.39, 0.29) is 17.6 Å². The molecule has 0 bridgehead atoms. The molecule has 0 aliphatic carbocycles. The largest absolute Gasteiger partial charge is 0.504 e. The summed E-state index contributed by atoms with van der Waals surface area (Å²) in [7, 11) is 1.48. The molecule has 1 N–H and O–H groups in total. The second-order valence-electron chi connectivity index (χ2n) is 4.87. The zero-order valence-corrected chi connectivity index (χ0v) is 12.0. The Morgan fingerprint density at radius 1 is 1.45 bits per heavy atom. The van der Waals surface area contributed by atoms with Crippen LogP contribution in [0.15, 0.2) is 42.1 Å². The summed E-state index contributed by atoms with van der Waals surface area (Å²) in [5.74, 6) is 0.321. The Kier molecular flexibility index (Phi) is 4.13. The number of methoxy groups -OCH3 is 1. The second kappa shape index (κ2) is 5.82. The fourth-order valence-electron chi connectivity index (χ4n) is 2.25. The molecular weight excluding hydrogens is 254 g/mol. The zero-order chi connectivity index (χ0) is 14.7. The first kappa shape index (κ1) is 14.2. The van der Waals surface area contributed by atoms with Crippen LogP contribution in [0.2, 0.25) is 0 Å². The molecule has 1 heterocycles. The molecule has 1 unspecified atom stereocenters. The Hall–Kier alpha value is -2.23. The SMILES string of the molecule is COc1ccc(C(=O)CN2C(C)=CC=CC2C)cc1O. The van der Waals surface area contributed by atoms with E-state index < -0.39 is 0 Å². The molecule has 0 aromatic heterocycles. The summed E-state index contributed by atoms with van der Waals surface area (Å²) >= 11 is 0. The predicted octanol–water partition coefficient (Wildman–Crippen LogP) is 2.75. The molecule has 0 spiro atoms. The van der Waals surface area contributed by atoms with Gasteiger partial charge in [0, 0.05) is 17.3 Å². The quantitative estimate of drug-likeness (QED) is 0.857. The van der Waals surface area contributed by atoms with Crippen molar-refractivity contribution in [3.05, 3.63) is 47.7 Å². The molecule has 0 amide bonds. The summed E-state index contributed by atoms with van der Waals surface area (Å²) in [6.45, 7) is 4.32. The van der Waals surface area contributed by atoms with Crippen molar-refractivity contribution < 1.29 is 14.6 Å². The van der Waals surface area contributed by atoms with Crippen LogP contribution in [0.5, 0.6) is 11.5 Å². The first-order valence-corrected chi connectivity index (χ1v) is 6.55. The van der Waals surface area contributed by atoms with Crippen LogP contribution in [-0.2, 0) is 0 Å². The van der Waals surface area contributed by atoms with E-state index in [1.54, 1.807) is 12.1 Å². The van der Waals surface area contributed by atoms with Crippen LogP contribution < -0.4 is 4.74 Å². The summed E-state index contributed by atoms with van der Waals surface area (Å²) in [5.41, 5.74) is 1.55. The fourth-order valence-corrected chi connectivity index (χ4v) is 2.25. The topological polar surface area (TPSA) is 49.8 Å². The van der Waals surface area contributed by atoms with Crippen molar-refractivity contribution in [1.29, 1.82) is 0 Å². The van der Waals surface area contributed by atoms with Crippen molar-refractivity contribution >= 4 is 5.78 Å². The molecule has 1 aromatic carbocycles. The number of carbonyl (C=O) groups is 1. The number of hydrogen-bond donors (Lipinski definition) is 1. The second-order valence-corrected chi connectivity index (χ2v) is 4.87. The van der Waals surface area contributed by atoms with Gasteiger partial charge in [0.15, 0.2) is 17.3 Å². The van der Waals surface area contributed by atoms with Gasteiger partial charge in [0.1, 0.15) is 0 Å². The van der Waals surface area contributed by atoms with Crippen molar-refractivity contribution in [2.75, 3.05) is 13.7 Å². The highest BCUT2D eigenvalue weighted by atomic mass is 16.5. The average Bonchev–Trinajstić information content (AvgIpc) is 2.42. The minimum atomic E-state index is -0.0298. The van der Waals surface area contributed by atoms with Crippen LogP contribution in [-0.4, -0.2) is 35.5 Å². The first-order valence-electron chi connectivity index (χ1n) is 6.55. The number of allylic oxidation sites excluding steroid dienone is 3. The minimum Gasteiger partial charge on any atom is -0.504 e. The van der Waals surface area contributed by atoms with Crippen molar-refractivity contribution in [3.63, 3.8) is 0 Å².